The van der Waals surface area contributed by atoms with E-state index in [2.05, 4.69) is 5.32 Å². The first kappa shape index (κ1) is 16.0. The van der Waals surface area contributed by atoms with Crippen molar-refractivity contribution in [3.63, 3.8) is 0 Å². The van der Waals surface area contributed by atoms with Gasteiger partial charge in [0.2, 0.25) is 0 Å². The molecule has 20 heavy (non-hydrogen) atoms. The van der Waals surface area contributed by atoms with Crippen molar-refractivity contribution in [2.45, 2.75) is 35.6 Å². The molecule has 0 radical (unpaired) electrons. The van der Waals surface area contributed by atoms with Gasteiger partial charge in [-0.25, -0.2) is 8.42 Å². The molecular formula is C12H19ClN2O3S2. The zero-order valence-electron chi connectivity index (χ0n) is 11.2. The van der Waals surface area contributed by atoms with Crippen LogP contribution in [0.4, 0.5) is 0 Å². The van der Waals surface area contributed by atoms with Crippen LogP contribution in [0.2, 0.25) is 0 Å². The molecule has 2 atom stereocenters. The Bertz CT molecular complexity index is 547. The molecule has 2 saturated heterocycles. The second-order valence-corrected chi connectivity index (χ2v) is 7.94. The van der Waals surface area contributed by atoms with Gasteiger partial charge in [-0.05, 0) is 37.3 Å². The predicted molar refractivity (Wildman–Crippen MR) is 81.4 cm³/mol. The number of hydrogen-bond donors (Lipinski definition) is 1. The van der Waals surface area contributed by atoms with Gasteiger partial charge >= 0.3 is 0 Å². The Labute approximate surface area is 129 Å². The number of halogens is 1. The molecule has 3 heterocycles. The molecule has 114 valence electrons. The maximum atomic E-state index is 12.9. The van der Waals surface area contributed by atoms with E-state index in [0.29, 0.717) is 9.96 Å². The summed E-state index contributed by atoms with van der Waals surface area (Å²) in [5.41, 5.74) is 0. The van der Waals surface area contributed by atoms with Gasteiger partial charge in [0.05, 0.1) is 7.11 Å². The van der Waals surface area contributed by atoms with Crippen LogP contribution >= 0.6 is 23.7 Å². The van der Waals surface area contributed by atoms with E-state index in [1.807, 2.05) is 0 Å². The molecule has 2 fully saturated rings. The van der Waals surface area contributed by atoms with Crippen LogP contribution in [0.1, 0.15) is 19.3 Å². The van der Waals surface area contributed by atoms with Gasteiger partial charge < -0.3 is 10.1 Å². The van der Waals surface area contributed by atoms with E-state index in [1.165, 1.54) is 18.4 Å². The van der Waals surface area contributed by atoms with Crippen LogP contribution in [0.15, 0.2) is 15.7 Å². The molecule has 8 heteroatoms. The molecule has 0 amide bonds. The van der Waals surface area contributed by atoms with Crippen molar-refractivity contribution >= 4 is 33.8 Å². The molecule has 1 N–H and O–H groups in total. The third-order valence-electron chi connectivity index (χ3n) is 3.91. The SMILES string of the molecule is COc1ccsc1S(=O)(=O)N1C2CCNCC1CC2.Cl. The number of sulfonamides is 1. The first-order chi connectivity index (χ1) is 9.14. The minimum Gasteiger partial charge on any atom is -0.494 e. The standard InChI is InChI=1S/C12H18N2O3S2.ClH/c1-17-11-5-7-18-12(11)19(15,16)14-9-2-3-10(14)8-13-6-4-9;/h5,7,9-10,13H,2-4,6,8H2,1H3;1H. The van der Waals surface area contributed by atoms with Gasteiger partial charge in [-0.2, -0.15) is 4.31 Å². The molecular weight excluding hydrogens is 320 g/mol. The molecule has 0 saturated carbocycles. The van der Waals surface area contributed by atoms with E-state index in [4.69, 9.17) is 4.74 Å². The van der Waals surface area contributed by atoms with Crippen molar-refractivity contribution in [3.05, 3.63) is 11.4 Å². The summed E-state index contributed by atoms with van der Waals surface area (Å²) in [5, 5.41) is 5.09. The summed E-state index contributed by atoms with van der Waals surface area (Å²) in [4.78, 5) is 0. The Morgan fingerprint density at radius 2 is 2.10 bits per heavy atom. The number of thiophene rings is 1. The number of ether oxygens (including phenoxy) is 1. The van der Waals surface area contributed by atoms with Crippen molar-refractivity contribution in [2.24, 2.45) is 0 Å². The third-order valence-corrected chi connectivity index (χ3v) is 7.34. The van der Waals surface area contributed by atoms with E-state index < -0.39 is 10.0 Å². The fourth-order valence-electron chi connectivity index (χ4n) is 3.05. The molecule has 0 aliphatic carbocycles. The Kier molecular flexibility index (Phi) is 4.96. The number of methoxy groups -OCH3 is 1. The summed E-state index contributed by atoms with van der Waals surface area (Å²) in [6.07, 6.45) is 2.81. The summed E-state index contributed by atoms with van der Waals surface area (Å²) in [6, 6.07) is 1.94. The molecule has 5 nitrogen and oxygen atoms in total. The zero-order valence-corrected chi connectivity index (χ0v) is 13.7. The molecule has 0 spiro atoms. The molecule has 2 aliphatic rings. The summed E-state index contributed by atoms with van der Waals surface area (Å²) < 4.78 is 33.0. The van der Waals surface area contributed by atoms with Crippen molar-refractivity contribution < 1.29 is 13.2 Å². The molecule has 1 aromatic rings. The van der Waals surface area contributed by atoms with Gasteiger partial charge in [-0.3, -0.25) is 0 Å². The Morgan fingerprint density at radius 3 is 2.85 bits per heavy atom. The first-order valence-electron chi connectivity index (χ1n) is 6.50. The van der Waals surface area contributed by atoms with E-state index in [-0.39, 0.29) is 24.5 Å². The van der Waals surface area contributed by atoms with Gasteiger partial charge in [-0.1, -0.05) is 0 Å². The van der Waals surface area contributed by atoms with Crippen molar-refractivity contribution in [2.75, 3.05) is 20.2 Å². The monoisotopic (exact) mass is 338 g/mol. The van der Waals surface area contributed by atoms with Gasteiger partial charge in [0.15, 0.2) is 4.21 Å². The first-order valence-corrected chi connectivity index (χ1v) is 8.82. The van der Waals surface area contributed by atoms with Crippen LogP contribution in [0.25, 0.3) is 0 Å². The molecule has 2 unspecified atom stereocenters. The van der Waals surface area contributed by atoms with Gasteiger partial charge in [0, 0.05) is 18.6 Å². The highest BCUT2D eigenvalue weighted by Crippen LogP contribution is 2.38. The van der Waals surface area contributed by atoms with Crippen LogP contribution in [0, 0.1) is 0 Å². The topological polar surface area (TPSA) is 58.6 Å². The average Bonchev–Trinajstić information content (AvgIpc) is 2.93. The van der Waals surface area contributed by atoms with E-state index >= 15 is 0 Å². The minimum atomic E-state index is -3.43. The van der Waals surface area contributed by atoms with Crippen LogP contribution < -0.4 is 10.1 Å². The largest absolute Gasteiger partial charge is 0.494 e. The highest BCUT2D eigenvalue weighted by atomic mass is 35.5. The van der Waals surface area contributed by atoms with Crippen LogP contribution in [-0.2, 0) is 10.0 Å². The summed E-state index contributed by atoms with van der Waals surface area (Å²) >= 11 is 1.24. The number of fused-ring (bicyclic) bond motifs is 2. The number of rotatable bonds is 3. The molecule has 1 aromatic heterocycles. The van der Waals surface area contributed by atoms with E-state index in [1.54, 1.807) is 15.8 Å². The van der Waals surface area contributed by atoms with Gasteiger partial charge in [0.25, 0.3) is 10.0 Å². The number of nitrogens with zero attached hydrogens (tertiary/aromatic N) is 1. The van der Waals surface area contributed by atoms with Crippen LogP contribution in [0.3, 0.4) is 0 Å². The lowest BCUT2D eigenvalue weighted by molar-refractivity contribution is 0.332. The van der Waals surface area contributed by atoms with Crippen molar-refractivity contribution in [3.8, 4) is 5.75 Å². The second kappa shape index (κ2) is 6.19. The summed E-state index contributed by atoms with van der Waals surface area (Å²) in [5.74, 6) is 0.460. The van der Waals surface area contributed by atoms with Gasteiger partial charge in [-0.15, -0.1) is 23.7 Å². The lowest BCUT2D eigenvalue weighted by Crippen LogP contribution is -2.42. The predicted octanol–water partition coefficient (Wildman–Crippen LogP) is 1.69. The fourth-order valence-corrected chi connectivity index (χ4v) is 6.32. The third kappa shape index (κ3) is 2.57. The zero-order chi connectivity index (χ0) is 13.5. The Balaban J connectivity index is 0.00000147. The van der Waals surface area contributed by atoms with Crippen molar-refractivity contribution in [1.82, 2.24) is 9.62 Å². The Morgan fingerprint density at radius 1 is 1.35 bits per heavy atom. The smallest absolute Gasteiger partial charge is 0.256 e. The second-order valence-electron chi connectivity index (χ2n) is 4.99. The quantitative estimate of drug-likeness (QED) is 0.911. The summed E-state index contributed by atoms with van der Waals surface area (Å²) in [7, 11) is -1.92. The number of nitrogens with one attached hydrogen (secondary N) is 1. The highest BCUT2D eigenvalue weighted by molar-refractivity contribution is 7.91. The lowest BCUT2D eigenvalue weighted by atomic mass is 10.1. The fraction of sp³-hybridized carbons (Fsp3) is 0.667. The lowest BCUT2D eigenvalue weighted by Gasteiger charge is -2.26. The average molecular weight is 339 g/mol. The highest BCUT2D eigenvalue weighted by Gasteiger charge is 2.44. The van der Waals surface area contributed by atoms with Crippen LogP contribution in [-0.4, -0.2) is 45.0 Å². The van der Waals surface area contributed by atoms with Crippen LogP contribution in [0.5, 0.6) is 5.75 Å². The Hall–Kier alpha value is -0.340. The maximum absolute atomic E-state index is 12.9. The summed E-state index contributed by atoms with van der Waals surface area (Å²) in [6.45, 7) is 1.65. The van der Waals surface area contributed by atoms with E-state index in [9.17, 15) is 8.42 Å². The maximum Gasteiger partial charge on any atom is 0.256 e. The molecule has 3 rings (SSSR count). The number of hydrogen-bond acceptors (Lipinski definition) is 5. The van der Waals surface area contributed by atoms with E-state index in [0.717, 1.165) is 32.4 Å². The van der Waals surface area contributed by atoms with Crippen molar-refractivity contribution in [1.29, 1.82) is 0 Å². The molecule has 2 bridgehead atoms. The molecule has 0 aromatic carbocycles. The molecule has 2 aliphatic heterocycles. The normalized spacial score (nSPS) is 26.9. The van der Waals surface area contributed by atoms with Gasteiger partial charge in [0.1, 0.15) is 5.75 Å². The minimum absolute atomic E-state index is 0.